The van der Waals surface area contributed by atoms with Crippen molar-refractivity contribution >= 4 is 28.8 Å². The summed E-state index contributed by atoms with van der Waals surface area (Å²) in [7, 11) is 3.76. The summed E-state index contributed by atoms with van der Waals surface area (Å²) in [6, 6.07) is 2.44. The molecule has 4 heterocycles. The van der Waals surface area contributed by atoms with Gasteiger partial charge in [0.15, 0.2) is 17.4 Å². The van der Waals surface area contributed by atoms with Crippen molar-refractivity contribution in [1.82, 2.24) is 29.7 Å². The molecule has 0 aliphatic carbocycles. The molecule has 2 aliphatic heterocycles. The lowest BCUT2D eigenvalue weighted by Crippen LogP contribution is -2.45. The van der Waals surface area contributed by atoms with Crippen molar-refractivity contribution in [3.63, 3.8) is 0 Å². The number of nitrogens with one attached hydrogen (secondary N) is 2. The zero-order valence-electron chi connectivity index (χ0n) is 23.2. The Labute approximate surface area is 231 Å². The molecule has 1 aromatic carbocycles. The molecule has 0 radical (unpaired) electrons. The number of amides is 1. The number of nitrogens with zero attached hydrogens (tertiary/aromatic N) is 6. The number of aryl methyl sites for hydroxylation is 1. The lowest BCUT2D eigenvalue weighted by atomic mass is 10.1. The number of ether oxygens (including phenoxy) is 1. The molecule has 2 aromatic heterocycles. The molecule has 2 N–H and O–H groups in total. The topological polar surface area (TPSA) is 102 Å². The van der Waals surface area contributed by atoms with E-state index in [0.29, 0.717) is 18.7 Å². The normalized spacial score (nSPS) is 18.1. The van der Waals surface area contributed by atoms with E-state index in [4.69, 9.17) is 4.74 Å². The summed E-state index contributed by atoms with van der Waals surface area (Å²) in [6.45, 7) is 8.91. The first-order valence-electron chi connectivity index (χ1n) is 13.4. The van der Waals surface area contributed by atoms with Gasteiger partial charge in [0, 0.05) is 76.1 Å². The highest BCUT2D eigenvalue weighted by atomic mass is 19.1. The number of aromatic amines is 1. The molecule has 1 unspecified atom stereocenters. The summed E-state index contributed by atoms with van der Waals surface area (Å²) >= 11 is 0. The SMILES string of the molecule is CCN(C)C(=O)c1c(NC2CC=C(CN3CCN(C)CC3)C=N2)ncnc1Oc1cc(F)c2[nH]c(C)cc2c1F. The Morgan fingerprint density at radius 3 is 2.70 bits per heavy atom. The van der Waals surface area contributed by atoms with Gasteiger partial charge in [-0.05, 0) is 32.5 Å². The molecule has 2 aliphatic rings. The number of rotatable bonds is 8. The summed E-state index contributed by atoms with van der Waals surface area (Å²) in [5.74, 6) is -2.22. The predicted octanol–water partition coefficient (Wildman–Crippen LogP) is 3.82. The molecule has 1 amide bonds. The fourth-order valence-corrected chi connectivity index (χ4v) is 4.78. The number of halogens is 2. The van der Waals surface area contributed by atoms with Gasteiger partial charge >= 0.3 is 0 Å². The number of hydrogen-bond donors (Lipinski definition) is 2. The van der Waals surface area contributed by atoms with Crippen LogP contribution in [-0.2, 0) is 0 Å². The van der Waals surface area contributed by atoms with Gasteiger partial charge in [0.05, 0.1) is 5.52 Å². The van der Waals surface area contributed by atoms with Crippen LogP contribution in [0.1, 0.15) is 29.4 Å². The first kappa shape index (κ1) is 27.7. The highest BCUT2D eigenvalue weighted by Gasteiger charge is 2.27. The molecule has 0 spiro atoms. The van der Waals surface area contributed by atoms with Gasteiger partial charge in [0.25, 0.3) is 5.91 Å². The van der Waals surface area contributed by atoms with E-state index in [2.05, 4.69) is 48.2 Å². The van der Waals surface area contributed by atoms with E-state index < -0.39 is 17.5 Å². The van der Waals surface area contributed by atoms with Crippen LogP contribution in [-0.4, -0.2) is 101 Å². The van der Waals surface area contributed by atoms with Gasteiger partial charge in [-0.25, -0.2) is 18.7 Å². The second kappa shape index (κ2) is 11.7. The third-order valence-electron chi connectivity index (χ3n) is 7.28. The van der Waals surface area contributed by atoms with Crippen LogP contribution in [0.15, 0.2) is 35.1 Å². The van der Waals surface area contributed by atoms with Crippen LogP contribution >= 0.6 is 0 Å². The number of aromatic nitrogens is 3. The molecule has 1 atom stereocenters. The molecule has 0 bridgehead atoms. The second-order valence-electron chi connectivity index (χ2n) is 10.3. The number of aliphatic imine (C=N–C) groups is 1. The van der Waals surface area contributed by atoms with Crippen LogP contribution in [0.5, 0.6) is 11.6 Å². The van der Waals surface area contributed by atoms with Crippen molar-refractivity contribution < 1.29 is 18.3 Å². The first-order chi connectivity index (χ1) is 19.2. The average molecular weight is 553 g/mol. The van der Waals surface area contributed by atoms with Crippen LogP contribution in [0.3, 0.4) is 0 Å². The molecule has 40 heavy (non-hydrogen) atoms. The zero-order chi connectivity index (χ0) is 28.4. The van der Waals surface area contributed by atoms with Crippen molar-refractivity contribution in [3.05, 3.63) is 53.0 Å². The predicted molar refractivity (Wildman–Crippen MR) is 150 cm³/mol. The molecular weight excluding hydrogens is 518 g/mol. The van der Waals surface area contributed by atoms with E-state index in [9.17, 15) is 9.18 Å². The number of carbonyl (C=O) groups excluding carboxylic acids is 1. The summed E-state index contributed by atoms with van der Waals surface area (Å²) in [5.41, 5.74) is 1.81. The van der Waals surface area contributed by atoms with Crippen molar-refractivity contribution in [3.8, 4) is 11.6 Å². The maximum Gasteiger partial charge on any atom is 0.262 e. The average Bonchev–Trinajstić information content (AvgIpc) is 3.35. The quantitative estimate of drug-likeness (QED) is 0.438. The molecule has 1 saturated heterocycles. The van der Waals surface area contributed by atoms with Crippen LogP contribution in [0, 0.1) is 18.6 Å². The standard InChI is InChI=1S/C28H34F2N8O2/c1-5-37(4)28(39)23-26(35-22-7-6-18(14-31-22)15-38-10-8-36(3)9-11-38)32-16-33-27(23)40-21-13-20(29)25-19(24(21)30)12-17(2)34-25/h6,12-14,16,22,34H,5,7-11,15H2,1-4H3,(H,32,33,35). The molecule has 212 valence electrons. The minimum Gasteiger partial charge on any atom is -0.435 e. The Balaban J connectivity index is 1.38. The fraction of sp³-hybridized carbons (Fsp3) is 0.429. The summed E-state index contributed by atoms with van der Waals surface area (Å²) in [4.78, 5) is 35.5. The molecule has 5 rings (SSSR count). The Morgan fingerprint density at radius 2 is 2.00 bits per heavy atom. The lowest BCUT2D eigenvalue weighted by Gasteiger charge is -2.33. The number of piperazine rings is 1. The second-order valence-corrected chi connectivity index (χ2v) is 10.3. The molecule has 1 fully saturated rings. The fourth-order valence-electron chi connectivity index (χ4n) is 4.78. The third kappa shape index (κ3) is 5.82. The minimum atomic E-state index is -0.758. The van der Waals surface area contributed by atoms with Crippen molar-refractivity contribution in [2.45, 2.75) is 26.4 Å². The highest BCUT2D eigenvalue weighted by Crippen LogP contribution is 2.35. The maximum atomic E-state index is 15.3. The maximum absolute atomic E-state index is 15.3. The van der Waals surface area contributed by atoms with Crippen LogP contribution in [0.4, 0.5) is 14.6 Å². The Hall–Kier alpha value is -3.90. The van der Waals surface area contributed by atoms with Gasteiger partial charge in [-0.15, -0.1) is 0 Å². The summed E-state index contributed by atoms with van der Waals surface area (Å²) < 4.78 is 35.8. The van der Waals surface area contributed by atoms with Gasteiger partial charge < -0.3 is 24.8 Å². The van der Waals surface area contributed by atoms with E-state index in [1.165, 1.54) is 17.3 Å². The van der Waals surface area contributed by atoms with Gasteiger partial charge in [-0.2, -0.15) is 0 Å². The molecule has 10 nitrogen and oxygen atoms in total. The molecule has 0 saturated carbocycles. The van der Waals surface area contributed by atoms with Gasteiger partial charge in [-0.3, -0.25) is 14.7 Å². The smallest absolute Gasteiger partial charge is 0.262 e. The Kier molecular flexibility index (Phi) is 8.08. The van der Waals surface area contributed by atoms with Crippen LogP contribution in [0.2, 0.25) is 0 Å². The number of anilines is 1. The number of likely N-dealkylation sites (N-methyl/N-ethyl adjacent to an activating group) is 1. The minimum absolute atomic E-state index is 0.0133. The van der Waals surface area contributed by atoms with Gasteiger partial charge in [0.1, 0.15) is 23.9 Å². The van der Waals surface area contributed by atoms with Gasteiger partial charge in [0.2, 0.25) is 5.88 Å². The Morgan fingerprint density at radius 1 is 1.23 bits per heavy atom. The van der Waals surface area contributed by atoms with Crippen molar-refractivity contribution in [2.24, 2.45) is 4.99 Å². The van der Waals surface area contributed by atoms with E-state index in [-0.39, 0.29) is 40.1 Å². The van der Waals surface area contributed by atoms with Gasteiger partial charge in [-0.1, -0.05) is 6.08 Å². The third-order valence-corrected chi connectivity index (χ3v) is 7.28. The number of carbonyl (C=O) groups is 1. The Bertz CT molecular complexity index is 1460. The van der Waals surface area contributed by atoms with E-state index in [0.717, 1.165) is 44.4 Å². The molecular formula is C28H34F2N8O2. The molecule has 12 heteroatoms. The van der Waals surface area contributed by atoms with Crippen molar-refractivity contribution in [2.75, 3.05) is 58.7 Å². The van der Waals surface area contributed by atoms with E-state index >= 15 is 4.39 Å². The first-order valence-corrected chi connectivity index (χ1v) is 13.4. The largest absolute Gasteiger partial charge is 0.435 e. The summed E-state index contributed by atoms with van der Waals surface area (Å²) in [5, 5.41) is 3.26. The highest BCUT2D eigenvalue weighted by molar-refractivity contribution is 6.01. The number of benzene rings is 1. The van der Waals surface area contributed by atoms with E-state index in [1.807, 2.05) is 13.1 Å². The summed E-state index contributed by atoms with van der Waals surface area (Å²) in [6.07, 6.45) is 5.43. The van der Waals surface area contributed by atoms with E-state index in [1.54, 1.807) is 14.0 Å². The monoisotopic (exact) mass is 552 g/mol. The van der Waals surface area contributed by atoms with Crippen LogP contribution in [0.25, 0.3) is 10.9 Å². The number of H-pyrrole nitrogens is 1. The number of dihydropyridines is 1. The van der Waals surface area contributed by atoms with Crippen molar-refractivity contribution in [1.29, 1.82) is 0 Å². The van der Waals surface area contributed by atoms with Crippen LogP contribution < -0.4 is 10.1 Å². The zero-order valence-corrected chi connectivity index (χ0v) is 23.2. The number of fused-ring (bicyclic) bond motifs is 1. The molecule has 3 aromatic rings. The lowest BCUT2D eigenvalue weighted by molar-refractivity contribution is 0.0799. The number of hydrogen-bond acceptors (Lipinski definition) is 8.